The number of aliphatic hydroxyl groups is 1. The summed E-state index contributed by atoms with van der Waals surface area (Å²) < 4.78 is 25.1. The molecule has 1 atom stereocenters. The van der Waals surface area contributed by atoms with E-state index in [0.29, 0.717) is 38.4 Å². The quantitative estimate of drug-likeness (QED) is 0.614. The Kier molecular flexibility index (Phi) is 4.02. The Hall–Kier alpha value is 0.460. The van der Waals surface area contributed by atoms with Crippen LogP contribution in [0.1, 0.15) is 0 Å². The Balaban J connectivity index is 1.81. The summed E-state index contributed by atoms with van der Waals surface area (Å²) in [5.74, 6) is 0.286. The van der Waals surface area contributed by atoms with E-state index in [2.05, 4.69) is 5.32 Å². The lowest BCUT2D eigenvalue weighted by molar-refractivity contribution is -0.0345. The van der Waals surface area contributed by atoms with Gasteiger partial charge in [-0.3, -0.25) is 12.5 Å². The first kappa shape index (κ1) is 12.9. The molecular formula is C8H17NO5S2. The molecule has 3 rings (SSSR count). The van der Waals surface area contributed by atoms with Gasteiger partial charge >= 0.3 is 0 Å². The number of aliphatic hydroxyl groups excluding tert-OH is 1. The summed E-state index contributed by atoms with van der Waals surface area (Å²) in [5, 5.41) is 12.7. The fourth-order valence-electron chi connectivity index (χ4n) is 1.52. The maximum absolute atomic E-state index is 9.49. The highest BCUT2D eigenvalue weighted by Gasteiger charge is 2.47. The smallest absolute Gasteiger partial charge is 0.0932 e. The first-order valence-electron chi connectivity index (χ1n) is 4.98. The molecule has 16 heavy (non-hydrogen) atoms. The topological polar surface area (TPSA) is 80.2 Å². The standard InChI is InChI=1S/C8H17NO5S2/c1-16-12-4-8(5-13-16,6-14-16)9-2-7(10)3-15-11/h7,9-11H,2-6H2,1H3. The number of rotatable bonds is 5. The molecule has 0 amide bonds. The molecule has 8 heteroatoms. The zero-order valence-corrected chi connectivity index (χ0v) is 10.7. The minimum absolute atomic E-state index is 0.286. The molecule has 3 saturated heterocycles. The largest absolute Gasteiger partial charge is 0.391 e. The second-order valence-electron chi connectivity index (χ2n) is 4.10. The van der Waals surface area contributed by atoms with E-state index in [1.54, 1.807) is 0 Å². The van der Waals surface area contributed by atoms with Crippen LogP contribution in [0.4, 0.5) is 0 Å². The van der Waals surface area contributed by atoms with E-state index in [4.69, 9.17) is 17.1 Å². The Morgan fingerprint density at radius 3 is 2.44 bits per heavy atom. The third-order valence-electron chi connectivity index (χ3n) is 2.63. The zero-order valence-electron chi connectivity index (χ0n) is 9.05. The van der Waals surface area contributed by atoms with Crippen molar-refractivity contribution >= 4 is 22.9 Å². The molecule has 0 spiro atoms. The van der Waals surface area contributed by atoms with Crippen LogP contribution in [-0.2, 0) is 12.5 Å². The summed E-state index contributed by atoms with van der Waals surface area (Å²) in [6.45, 7) is 2.00. The Bertz CT molecular complexity index is 230. The molecule has 1 unspecified atom stereocenters. The van der Waals surface area contributed by atoms with E-state index in [1.807, 2.05) is 6.26 Å². The zero-order chi connectivity index (χ0) is 11.6. The number of hydrogen-bond donors (Lipinski definition) is 3. The summed E-state index contributed by atoms with van der Waals surface area (Å²) in [6, 6.07) is 0. The molecule has 3 fully saturated rings. The van der Waals surface area contributed by atoms with Crippen LogP contribution in [0.2, 0.25) is 0 Å². The number of nitrogens with one attached hydrogen (secondary N) is 1. The van der Waals surface area contributed by atoms with Crippen LogP contribution in [-0.4, -0.2) is 59.7 Å². The first-order chi connectivity index (χ1) is 7.58. The summed E-state index contributed by atoms with van der Waals surface area (Å²) in [4.78, 5) is 0. The Labute approximate surface area is 101 Å². The average Bonchev–Trinajstić information content (AvgIpc) is 2.29. The normalized spacial score (nSPS) is 43.9. The van der Waals surface area contributed by atoms with Gasteiger partial charge in [0.1, 0.15) is 0 Å². The molecule has 2 bridgehead atoms. The average molecular weight is 271 g/mol. The molecular weight excluding hydrogens is 254 g/mol. The number of hydrogen-bond acceptors (Lipinski definition) is 7. The summed E-state index contributed by atoms with van der Waals surface area (Å²) in [7, 11) is -1.75. The van der Waals surface area contributed by atoms with Crippen LogP contribution in [0.3, 0.4) is 0 Å². The van der Waals surface area contributed by atoms with Gasteiger partial charge in [0.25, 0.3) is 0 Å². The first-order valence-corrected chi connectivity index (χ1v) is 7.74. The van der Waals surface area contributed by atoms with Crippen molar-refractivity contribution in [2.24, 2.45) is 0 Å². The molecule has 6 nitrogen and oxygen atoms in total. The molecule has 0 aromatic carbocycles. The van der Waals surface area contributed by atoms with E-state index in [-0.39, 0.29) is 11.3 Å². The second kappa shape index (κ2) is 4.99. The van der Waals surface area contributed by atoms with Crippen molar-refractivity contribution in [2.45, 2.75) is 11.6 Å². The van der Waals surface area contributed by atoms with Gasteiger partial charge in [0.05, 0.1) is 42.3 Å². The monoisotopic (exact) mass is 271 g/mol. The summed E-state index contributed by atoms with van der Waals surface area (Å²) in [6.07, 6.45) is 1.24. The van der Waals surface area contributed by atoms with Crippen LogP contribution in [0, 0.1) is 0 Å². The Morgan fingerprint density at radius 2 is 1.94 bits per heavy atom. The second-order valence-corrected chi connectivity index (χ2v) is 6.81. The van der Waals surface area contributed by atoms with Gasteiger partial charge in [0.2, 0.25) is 0 Å². The predicted octanol–water partition coefficient (Wildman–Crippen LogP) is 0.138. The van der Waals surface area contributed by atoms with Crippen LogP contribution in [0.25, 0.3) is 0 Å². The number of β-amino-alcohol motifs (C(OH)–C–C–N with tert-alkyl or cyclic N) is 1. The minimum Gasteiger partial charge on any atom is -0.391 e. The van der Waals surface area contributed by atoms with Crippen molar-refractivity contribution in [1.29, 1.82) is 0 Å². The molecule has 3 aliphatic rings. The molecule has 3 aliphatic heterocycles. The van der Waals surface area contributed by atoms with Gasteiger partial charge < -0.3 is 15.0 Å². The van der Waals surface area contributed by atoms with Gasteiger partial charge in [-0.15, -0.1) is 0 Å². The van der Waals surface area contributed by atoms with E-state index >= 15 is 0 Å². The van der Waals surface area contributed by atoms with Crippen LogP contribution in [0.5, 0.6) is 0 Å². The minimum atomic E-state index is -1.75. The van der Waals surface area contributed by atoms with Crippen molar-refractivity contribution < 1.29 is 22.2 Å². The molecule has 0 aliphatic carbocycles. The maximum Gasteiger partial charge on any atom is 0.0932 e. The van der Waals surface area contributed by atoms with Gasteiger partial charge in [-0.25, -0.2) is 0 Å². The summed E-state index contributed by atoms with van der Waals surface area (Å²) in [5.41, 5.74) is -0.355. The highest BCUT2D eigenvalue weighted by atomic mass is 32.3. The predicted molar refractivity (Wildman–Crippen MR) is 63.2 cm³/mol. The fraction of sp³-hybridized carbons (Fsp3) is 1.00. The molecule has 3 N–H and O–H groups in total. The lowest BCUT2D eigenvalue weighted by atomic mass is 10.0. The highest BCUT2D eigenvalue weighted by molar-refractivity contribution is 8.21. The van der Waals surface area contributed by atoms with Gasteiger partial charge in [0.15, 0.2) is 0 Å². The molecule has 96 valence electrons. The van der Waals surface area contributed by atoms with Crippen molar-refractivity contribution in [3.8, 4) is 0 Å². The van der Waals surface area contributed by atoms with E-state index < -0.39 is 17.0 Å². The van der Waals surface area contributed by atoms with E-state index in [1.165, 1.54) is 0 Å². The van der Waals surface area contributed by atoms with Crippen LogP contribution < -0.4 is 5.32 Å². The molecule has 0 saturated carbocycles. The van der Waals surface area contributed by atoms with E-state index in [9.17, 15) is 5.11 Å². The third-order valence-corrected chi connectivity index (χ3v) is 4.80. The number of fused-ring (bicyclic) bond motifs is 3. The molecule has 0 radical (unpaired) electrons. The lowest BCUT2D eigenvalue weighted by Gasteiger charge is -2.52. The molecule has 0 aromatic heterocycles. The fourth-order valence-corrected chi connectivity index (χ4v) is 3.33. The van der Waals surface area contributed by atoms with Crippen molar-refractivity contribution in [2.75, 3.05) is 38.4 Å². The molecule has 3 heterocycles. The van der Waals surface area contributed by atoms with Crippen LogP contribution >= 0.6 is 22.9 Å². The van der Waals surface area contributed by atoms with Gasteiger partial charge in [0, 0.05) is 18.6 Å². The van der Waals surface area contributed by atoms with Crippen molar-refractivity contribution in [1.82, 2.24) is 5.32 Å². The van der Waals surface area contributed by atoms with Gasteiger partial charge in [-0.2, -0.15) is 0 Å². The van der Waals surface area contributed by atoms with Crippen molar-refractivity contribution in [3.63, 3.8) is 0 Å². The van der Waals surface area contributed by atoms with Gasteiger partial charge in [-0.05, 0) is 12.0 Å². The van der Waals surface area contributed by atoms with Gasteiger partial charge in [-0.1, -0.05) is 0 Å². The SMILES string of the molecule is CS12OCC(NCC(O)CSO)(CO1)CO2. The molecule has 0 aromatic rings. The highest BCUT2D eigenvalue weighted by Crippen LogP contribution is 2.55. The maximum atomic E-state index is 9.49. The Morgan fingerprint density at radius 1 is 1.38 bits per heavy atom. The third kappa shape index (κ3) is 2.82. The lowest BCUT2D eigenvalue weighted by Crippen LogP contribution is -2.63. The van der Waals surface area contributed by atoms with Crippen LogP contribution in [0.15, 0.2) is 0 Å². The van der Waals surface area contributed by atoms with Crippen molar-refractivity contribution in [3.05, 3.63) is 0 Å². The summed E-state index contributed by atoms with van der Waals surface area (Å²) >= 11 is 0.632. The van der Waals surface area contributed by atoms with E-state index in [0.717, 1.165) is 0 Å².